The highest BCUT2D eigenvalue weighted by molar-refractivity contribution is 5.56. The van der Waals surface area contributed by atoms with Crippen molar-refractivity contribution in [2.45, 2.75) is 19.4 Å². The number of nitrogens with one attached hydrogen (secondary N) is 1. The summed E-state index contributed by atoms with van der Waals surface area (Å²) in [5.41, 5.74) is 2.02. The topological polar surface area (TPSA) is 58.9 Å². The van der Waals surface area contributed by atoms with Gasteiger partial charge in [0.15, 0.2) is 5.82 Å². The second kappa shape index (κ2) is 6.29. The molecule has 0 atom stereocenters. The Kier molecular flexibility index (Phi) is 3.97. The highest BCUT2D eigenvalue weighted by Crippen LogP contribution is 2.21. The first-order chi connectivity index (χ1) is 12.1. The second-order valence-corrected chi connectivity index (χ2v) is 6.98. The average molecular weight is 334 g/mol. The van der Waals surface area contributed by atoms with Gasteiger partial charge in [0, 0.05) is 37.6 Å². The van der Waals surface area contributed by atoms with Crippen LogP contribution in [0.4, 0.5) is 5.82 Å². The molecule has 6 nitrogen and oxygen atoms in total. The first-order valence-electron chi connectivity index (χ1n) is 8.54. The molecule has 1 aliphatic rings. The van der Waals surface area contributed by atoms with E-state index in [0.717, 1.165) is 36.7 Å². The van der Waals surface area contributed by atoms with Crippen molar-refractivity contribution in [3.8, 4) is 17.1 Å². The number of aromatic nitrogens is 4. The first-order valence-corrected chi connectivity index (χ1v) is 8.54. The van der Waals surface area contributed by atoms with Crippen LogP contribution in [-0.2, 0) is 0 Å². The summed E-state index contributed by atoms with van der Waals surface area (Å²) in [5, 5.41) is 7.97. The lowest BCUT2D eigenvalue weighted by Crippen LogP contribution is -2.57. The molecule has 128 valence electrons. The van der Waals surface area contributed by atoms with Crippen molar-refractivity contribution in [2.75, 3.05) is 24.5 Å². The number of hydrogen-bond acceptors (Lipinski definition) is 5. The predicted molar refractivity (Wildman–Crippen MR) is 98.9 cm³/mol. The van der Waals surface area contributed by atoms with Crippen molar-refractivity contribution in [3.05, 3.63) is 55.0 Å². The van der Waals surface area contributed by atoms with Crippen LogP contribution in [0.2, 0.25) is 0 Å². The lowest BCUT2D eigenvalue weighted by molar-refractivity contribution is 0.352. The predicted octanol–water partition coefficient (Wildman–Crippen LogP) is 2.52. The summed E-state index contributed by atoms with van der Waals surface area (Å²) >= 11 is 0. The van der Waals surface area contributed by atoms with E-state index in [1.165, 1.54) is 0 Å². The van der Waals surface area contributed by atoms with Crippen LogP contribution in [0.1, 0.15) is 13.8 Å². The van der Waals surface area contributed by atoms with E-state index in [1.807, 2.05) is 59.7 Å². The zero-order chi connectivity index (χ0) is 17.3. The molecule has 0 radical (unpaired) electrons. The van der Waals surface area contributed by atoms with Crippen LogP contribution in [0.5, 0.6) is 0 Å². The summed E-state index contributed by atoms with van der Waals surface area (Å²) in [4.78, 5) is 11.5. The fourth-order valence-electron chi connectivity index (χ4n) is 3.16. The van der Waals surface area contributed by atoms with Crippen LogP contribution < -0.4 is 10.2 Å². The molecule has 6 heteroatoms. The summed E-state index contributed by atoms with van der Waals surface area (Å²) in [6, 6.07) is 12.0. The third-order valence-electron chi connectivity index (χ3n) is 4.40. The molecule has 0 aliphatic carbocycles. The Morgan fingerprint density at radius 2 is 1.96 bits per heavy atom. The van der Waals surface area contributed by atoms with Gasteiger partial charge in [0.2, 0.25) is 0 Å². The number of piperazine rings is 1. The Morgan fingerprint density at radius 3 is 2.76 bits per heavy atom. The standard InChI is InChI=1S/C19H22N6/c1-19(2)14-24(11-10-21-19)17-8-9-20-18(23-17)15-12-22-25(13-15)16-6-4-3-5-7-16/h3-9,12-13,21H,10-11,14H2,1-2H3. The normalized spacial score (nSPS) is 16.8. The minimum absolute atomic E-state index is 0.0849. The molecule has 3 aromatic rings. The van der Waals surface area contributed by atoms with Crippen LogP contribution >= 0.6 is 0 Å². The molecule has 4 rings (SSSR count). The van der Waals surface area contributed by atoms with Crippen molar-refractivity contribution >= 4 is 5.82 Å². The van der Waals surface area contributed by atoms with Gasteiger partial charge in [0.1, 0.15) is 5.82 Å². The molecule has 0 saturated carbocycles. The van der Waals surface area contributed by atoms with Gasteiger partial charge in [0.05, 0.1) is 17.4 Å². The Morgan fingerprint density at radius 1 is 1.12 bits per heavy atom. The van der Waals surface area contributed by atoms with Crippen LogP contribution in [-0.4, -0.2) is 44.9 Å². The Labute approximate surface area is 147 Å². The molecule has 1 saturated heterocycles. The van der Waals surface area contributed by atoms with Gasteiger partial charge in [-0.05, 0) is 32.0 Å². The van der Waals surface area contributed by atoms with Crippen LogP contribution in [0, 0.1) is 0 Å². The molecule has 2 aromatic heterocycles. The Balaban J connectivity index is 1.61. The van der Waals surface area contributed by atoms with Gasteiger partial charge in [-0.25, -0.2) is 14.6 Å². The van der Waals surface area contributed by atoms with Gasteiger partial charge < -0.3 is 10.2 Å². The van der Waals surface area contributed by atoms with Gasteiger partial charge in [-0.15, -0.1) is 0 Å². The van der Waals surface area contributed by atoms with E-state index in [-0.39, 0.29) is 5.54 Å². The van der Waals surface area contributed by atoms with Crippen LogP contribution in [0.3, 0.4) is 0 Å². The first kappa shape index (κ1) is 15.8. The Hall–Kier alpha value is -2.73. The Bertz CT molecular complexity index is 855. The molecule has 0 amide bonds. The highest BCUT2D eigenvalue weighted by atomic mass is 15.3. The molecule has 1 aromatic carbocycles. The lowest BCUT2D eigenvalue weighted by Gasteiger charge is -2.39. The second-order valence-electron chi connectivity index (χ2n) is 6.98. The SMILES string of the molecule is CC1(C)CN(c2ccnc(-c3cnn(-c4ccccc4)c3)n2)CCN1. The third kappa shape index (κ3) is 3.39. The number of nitrogens with zero attached hydrogens (tertiary/aromatic N) is 5. The molecule has 0 unspecified atom stereocenters. The summed E-state index contributed by atoms with van der Waals surface area (Å²) in [6.07, 6.45) is 5.61. The minimum Gasteiger partial charge on any atom is -0.353 e. The number of rotatable bonds is 3. The summed E-state index contributed by atoms with van der Waals surface area (Å²) in [7, 11) is 0. The maximum atomic E-state index is 4.77. The molecule has 1 N–H and O–H groups in total. The molecular weight excluding hydrogens is 312 g/mol. The van der Waals surface area contributed by atoms with Crippen molar-refractivity contribution in [3.63, 3.8) is 0 Å². The number of hydrogen-bond donors (Lipinski definition) is 1. The van der Waals surface area contributed by atoms with Gasteiger partial charge in [-0.3, -0.25) is 0 Å². The fourth-order valence-corrected chi connectivity index (χ4v) is 3.16. The molecule has 1 fully saturated rings. The van der Waals surface area contributed by atoms with Crippen molar-refractivity contribution in [1.82, 2.24) is 25.1 Å². The lowest BCUT2D eigenvalue weighted by atomic mass is 10.0. The maximum Gasteiger partial charge on any atom is 0.164 e. The quantitative estimate of drug-likeness (QED) is 0.797. The van der Waals surface area contributed by atoms with E-state index in [9.17, 15) is 0 Å². The summed E-state index contributed by atoms with van der Waals surface area (Å²) in [6.45, 7) is 7.25. The third-order valence-corrected chi connectivity index (χ3v) is 4.40. The molecule has 25 heavy (non-hydrogen) atoms. The van der Waals surface area contributed by atoms with E-state index < -0.39 is 0 Å². The smallest absolute Gasteiger partial charge is 0.164 e. The highest BCUT2D eigenvalue weighted by Gasteiger charge is 2.26. The largest absolute Gasteiger partial charge is 0.353 e. The summed E-state index contributed by atoms with van der Waals surface area (Å²) in [5.74, 6) is 1.67. The van der Waals surface area contributed by atoms with Crippen LogP contribution in [0.25, 0.3) is 17.1 Å². The van der Waals surface area contributed by atoms with Gasteiger partial charge in [-0.1, -0.05) is 18.2 Å². The van der Waals surface area contributed by atoms with E-state index in [2.05, 4.69) is 34.1 Å². The van der Waals surface area contributed by atoms with E-state index in [1.54, 1.807) is 0 Å². The molecular formula is C19H22N6. The van der Waals surface area contributed by atoms with Crippen molar-refractivity contribution in [1.29, 1.82) is 0 Å². The molecule has 1 aliphatic heterocycles. The van der Waals surface area contributed by atoms with Gasteiger partial charge >= 0.3 is 0 Å². The maximum absolute atomic E-state index is 4.77. The molecule has 3 heterocycles. The van der Waals surface area contributed by atoms with E-state index in [4.69, 9.17) is 4.98 Å². The fraction of sp³-hybridized carbons (Fsp3) is 0.316. The zero-order valence-electron chi connectivity index (χ0n) is 14.6. The van der Waals surface area contributed by atoms with Crippen molar-refractivity contribution in [2.24, 2.45) is 0 Å². The minimum atomic E-state index is 0.0849. The summed E-state index contributed by atoms with van der Waals surface area (Å²) < 4.78 is 1.85. The molecule has 0 bridgehead atoms. The van der Waals surface area contributed by atoms with E-state index in [0.29, 0.717) is 5.82 Å². The van der Waals surface area contributed by atoms with E-state index >= 15 is 0 Å². The number of para-hydroxylation sites is 1. The average Bonchev–Trinajstić information content (AvgIpc) is 3.12. The zero-order valence-corrected chi connectivity index (χ0v) is 14.6. The van der Waals surface area contributed by atoms with Crippen LogP contribution in [0.15, 0.2) is 55.0 Å². The molecule has 0 spiro atoms. The van der Waals surface area contributed by atoms with Crippen molar-refractivity contribution < 1.29 is 0 Å². The number of anilines is 1. The van der Waals surface area contributed by atoms with Gasteiger partial charge in [0.25, 0.3) is 0 Å². The van der Waals surface area contributed by atoms with Gasteiger partial charge in [-0.2, -0.15) is 5.10 Å². The monoisotopic (exact) mass is 334 g/mol. The number of benzene rings is 1.